The van der Waals surface area contributed by atoms with E-state index in [4.69, 9.17) is 10.00 Å². The molecule has 1 aliphatic rings. The summed E-state index contributed by atoms with van der Waals surface area (Å²) in [6.45, 7) is 5.88. The lowest BCUT2D eigenvalue weighted by molar-refractivity contribution is 0.112. The Balaban J connectivity index is 1.41. The first-order valence-corrected chi connectivity index (χ1v) is 8.56. The summed E-state index contributed by atoms with van der Waals surface area (Å²) in [6, 6.07) is 16.5. The lowest BCUT2D eigenvalue weighted by atomic mass is 10.1. The molecule has 0 saturated carbocycles. The van der Waals surface area contributed by atoms with Crippen LogP contribution >= 0.6 is 0 Å². The van der Waals surface area contributed by atoms with Gasteiger partial charge in [0.25, 0.3) is 0 Å². The highest BCUT2D eigenvalue weighted by Gasteiger charge is 2.18. The van der Waals surface area contributed by atoms with Gasteiger partial charge in [-0.25, -0.2) is 4.39 Å². The SMILES string of the molecule is N#Cc1ccc(CN2CCN(CCOc3ccccc3)CC2)c(F)c1. The molecule has 25 heavy (non-hydrogen) atoms. The molecule has 2 aromatic rings. The fourth-order valence-corrected chi connectivity index (χ4v) is 2.97. The van der Waals surface area contributed by atoms with Crippen LogP contribution < -0.4 is 4.74 Å². The lowest BCUT2D eigenvalue weighted by Gasteiger charge is -2.34. The van der Waals surface area contributed by atoms with E-state index in [1.54, 1.807) is 12.1 Å². The normalized spacial score (nSPS) is 15.7. The van der Waals surface area contributed by atoms with E-state index in [0.29, 0.717) is 24.3 Å². The summed E-state index contributed by atoms with van der Waals surface area (Å²) < 4.78 is 19.7. The minimum Gasteiger partial charge on any atom is -0.492 e. The van der Waals surface area contributed by atoms with Crippen LogP contribution in [0.4, 0.5) is 4.39 Å². The molecule has 3 rings (SSSR count). The van der Waals surface area contributed by atoms with Crippen LogP contribution in [-0.4, -0.2) is 49.1 Å². The number of benzene rings is 2. The number of piperazine rings is 1. The molecule has 0 aliphatic carbocycles. The van der Waals surface area contributed by atoms with Crippen LogP contribution in [0.2, 0.25) is 0 Å². The highest BCUT2D eigenvalue weighted by atomic mass is 19.1. The van der Waals surface area contributed by atoms with Crippen molar-refractivity contribution in [3.05, 3.63) is 65.5 Å². The van der Waals surface area contributed by atoms with Gasteiger partial charge in [0.2, 0.25) is 0 Å². The number of hydrogen-bond donors (Lipinski definition) is 0. The van der Waals surface area contributed by atoms with Crippen LogP contribution in [0.25, 0.3) is 0 Å². The standard InChI is InChI=1S/C20H22FN3O/c21-20-14-17(15-22)6-7-18(20)16-24-10-8-23(9-11-24)12-13-25-19-4-2-1-3-5-19/h1-7,14H,8-13,16H2. The van der Waals surface area contributed by atoms with E-state index in [-0.39, 0.29) is 5.82 Å². The molecule has 1 aliphatic heterocycles. The predicted molar refractivity (Wildman–Crippen MR) is 94.8 cm³/mol. The summed E-state index contributed by atoms with van der Waals surface area (Å²) in [5.41, 5.74) is 1.02. The van der Waals surface area contributed by atoms with Gasteiger partial charge in [0.1, 0.15) is 18.2 Å². The Bertz CT molecular complexity index is 721. The van der Waals surface area contributed by atoms with Crippen LogP contribution in [-0.2, 0) is 6.54 Å². The molecule has 0 radical (unpaired) electrons. The Morgan fingerprint density at radius 3 is 2.40 bits per heavy atom. The quantitative estimate of drug-likeness (QED) is 0.811. The molecule has 0 atom stereocenters. The van der Waals surface area contributed by atoms with E-state index in [2.05, 4.69) is 9.80 Å². The number of hydrogen-bond acceptors (Lipinski definition) is 4. The largest absolute Gasteiger partial charge is 0.492 e. The van der Waals surface area contributed by atoms with Crippen molar-refractivity contribution in [3.8, 4) is 11.8 Å². The molecule has 0 bridgehead atoms. The van der Waals surface area contributed by atoms with Crippen LogP contribution in [0.1, 0.15) is 11.1 Å². The smallest absolute Gasteiger partial charge is 0.129 e. The van der Waals surface area contributed by atoms with Gasteiger partial charge in [0.15, 0.2) is 0 Å². The highest BCUT2D eigenvalue weighted by Crippen LogP contribution is 2.14. The Kier molecular flexibility index (Phi) is 5.99. The van der Waals surface area contributed by atoms with Crippen molar-refractivity contribution in [3.63, 3.8) is 0 Å². The first-order chi connectivity index (χ1) is 12.2. The maximum absolute atomic E-state index is 14.0. The molecule has 1 heterocycles. The van der Waals surface area contributed by atoms with Gasteiger partial charge < -0.3 is 4.74 Å². The molecule has 0 amide bonds. The van der Waals surface area contributed by atoms with Crippen molar-refractivity contribution in [2.24, 2.45) is 0 Å². The zero-order valence-corrected chi connectivity index (χ0v) is 14.2. The number of ether oxygens (including phenoxy) is 1. The van der Waals surface area contributed by atoms with Gasteiger partial charge in [0, 0.05) is 44.8 Å². The van der Waals surface area contributed by atoms with E-state index in [1.165, 1.54) is 6.07 Å². The number of para-hydroxylation sites is 1. The minimum atomic E-state index is -0.294. The van der Waals surface area contributed by atoms with Crippen molar-refractivity contribution in [1.82, 2.24) is 9.80 Å². The average molecular weight is 339 g/mol. The molecular weight excluding hydrogens is 317 g/mol. The second kappa shape index (κ2) is 8.61. The summed E-state index contributed by atoms with van der Waals surface area (Å²) in [5.74, 6) is 0.607. The molecule has 2 aromatic carbocycles. The molecule has 0 N–H and O–H groups in total. The van der Waals surface area contributed by atoms with Gasteiger partial charge in [0.05, 0.1) is 11.6 Å². The second-order valence-electron chi connectivity index (χ2n) is 6.20. The zero-order valence-electron chi connectivity index (χ0n) is 14.2. The maximum Gasteiger partial charge on any atom is 0.129 e. The summed E-state index contributed by atoms with van der Waals surface area (Å²) in [7, 11) is 0. The van der Waals surface area contributed by atoms with Crippen LogP contribution in [0.5, 0.6) is 5.75 Å². The summed E-state index contributed by atoms with van der Waals surface area (Å²) in [6.07, 6.45) is 0. The fraction of sp³-hybridized carbons (Fsp3) is 0.350. The lowest BCUT2D eigenvalue weighted by Crippen LogP contribution is -2.47. The number of halogens is 1. The van der Waals surface area contributed by atoms with Gasteiger partial charge in [-0.1, -0.05) is 24.3 Å². The minimum absolute atomic E-state index is 0.294. The summed E-state index contributed by atoms with van der Waals surface area (Å²) >= 11 is 0. The summed E-state index contributed by atoms with van der Waals surface area (Å²) in [4.78, 5) is 4.62. The molecule has 1 saturated heterocycles. The van der Waals surface area contributed by atoms with Gasteiger partial charge in [-0.3, -0.25) is 9.80 Å². The Hall–Kier alpha value is -2.42. The number of nitriles is 1. The topological polar surface area (TPSA) is 39.5 Å². The first kappa shape index (κ1) is 17.4. The van der Waals surface area contributed by atoms with Crippen molar-refractivity contribution >= 4 is 0 Å². The van der Waals surface area contributed by atoms with Crippen molar-refractivity contribution in [2.45, 2.75) is 6.54 Å². The van der Waals surface area contributed by atoms with E-state index >= 15 is 0 Å². The van der Waals surface area contributed by atoms with Crippen molar-refractivity contribution < 1.29 is 9.13 Å². The number of nitrogens with zero attached hydrogens (tertiary/aromatic N) is 3. The Labute approximate surface area is 148 Å². The third kappa shape index (κ3) is 5.02. The first-order valence-electron chi connectivity index (χ1n) is 8.56. The van der Waals surface area contributed by atoms with Gasteiger partial charge >= 0.3 is 0 Å². The molecule has 0 unspecified atom stereocenters. The molecule has 0 aromatic heterocycles. The third-order valence-electron chi connectivity index (χ3n) is 4.46. The molecule has 5 heteroatoms. The zero-order chi connectivity index (χ0) is 17.5. The molecule has 0 spiro atoms. The van der Waals surface area contributed by atoms with E-state index in [1.807, 2.05) is 36.4 Å². The van der Waals surface area contributed by atoms with Crippen molar-refractivity contribution in [1.29, 1.82) is 5.26 Å². The van der Waals surface area contributed by atoms with E-state index < -0.39 is 0 Å². The molecule has 1 fully saturated rings. The number of rotatable bonds is 6. The Morgan fingerprint density at radius 2 is 1.72 bits per heavy atom. The predicted octanol–water partition coefficient (Wildman–Crippen LogP) is 2.89. The fourth-order valence-electron chi connectivity index (χ4n) is 2.97. The monoisotopic (exact) mass is 339 g/mol. The van der Waals surface area contributed by atoms with Crippen LogP contribution in [0.3, 0.4) is 0 Å². The van der Waals surface area contributed by atoms with Gasteiger partial charge in [-0.2, -0.15) is 5.26 Å². The van der Waals surface area contributed by atoms with Gasteiger partial charge in [-0.15, -0.1) is 0 Å². The van der Waals surface area contributed by atoms with E-state index in [0.717, 1.165) is 38.5 Å². The Morgan fingerprint density at radius 1 is 1.00 bits per heavy atom. The maximum atomic E-state index is 14.0. The van der Waals surface area contributed by atoms with E-state index in [9.17, 15) is 4.39 Å². The van der Waals surface area contributed by atoms with Crippen LogP contribution in [0.15, 0.2) is 48.5 Å². The molecule has 130 valence electrons. The second-order valence-corrected chi connectivity index (χ2v) is 6.20. The van der Waals surface area contributed by atoms with Gasteiger partial charge in [-0.05, 0) is 24.3 Å². The highest BCUT2D eigenvalue weighted by molar-refractivity contribution is 5.32. The van der Waals surface area contributed by atoms with Crippen LogP contribution in [0, 0.1) is 17.1 Å². The third-order valence-corrected chi connectivity index (χ3v) is 4.46. The van der Waals surface area contributed by atoms with Crippen molar-refractivity contribution in [2.75, 3.05) is 39.3 Å². The molecular formula is C20H22FN3O. The molecule has 4 nitrogen and oxygen atoms in total. The summed E-state index contributed by atoms with van der Waals surface area (Å²) in [5, 5.41) is 8.80. The average Bonchev–Trinajstić information content (AvgIpc) is 2.65.